The van der Waals surface area contributed by atoms with E-state index < -0.39 is 9.84 Å². The Morgan fingerprint density at radius 1 is 1.08 bits per heavy atom. The first-order chi connectivity index (χ1) is 5.62. The van der Waals surface area contributed by atoms with E-state index in [0.29, 0.717) is 5.75 Å². The number of hydrogen-bond donors (Lipinski definition) is 0. The first kappa shape index (κ1) is 12.2. The molecule has 4 heteroatoms. The fourth-order valence-corrected chi connectivity index (χ4v) is 2.76. The zero-order valence-corrected chi connectivity index (χ0v) is 9.12. The largest absolute Gasteiger partial charge is 0.229 e. The molecule has 0 atom stereocenters. The van der Waals surface area contributed by atoms with Gasteiger partial charge in [-0.2, -0.15) is 0 Å². The number of hydrogen-bond acceptors (Lipinski definition) is 2. The summed E-state index contributed by atoms with van der Waals surface area (Å²) < 4.78 is 22.2. The average Bonchev–Trinajstić information content (AvgIpc) is 1.98. The van der Waals surface area contributed by atoms with Crippen molar-refractivity contribution in [3.05, 3.63) is 0 Å². The van der Waals surface area contributed by atoms with Crippen LogP contribution in [-0.4, -0.2) is 25.8 Å². The van der Waals surface area contributed by atoms with E-state index in [-0.39, 0.29) is 11.6 Å². The Labute approximate surface area is 80.2 Å². The first-order valence-electron chi connectivity index (χ1n) is 4.39. The summed E-state index contributed by atoms with van der Waals surface area (Å²) in [6.45, 7) is 2.10. The van der Waals surface area contributed by atoms with Gasteiger partial charge < -0.3 is 0 Å². The van der Waals surface area contributed by atoms with Crippen molar-refractivity contribution in [1.29, 1.82) is 0 Å². The molecule has 0 aliphatic carbocycles. The lowest BCUT2D eigenvalue weighted by Crippen LogP contribution is -2.11. The zero-order valence-electron chi connectivity index (χ0n) is 7.55. The van der Waals surface area contributed by atoms with Crippen LogP contribution in [0.25, 0.3) is 0 Å². The molecule has 0 amide bonds. The summed E-state index contributed by atoms with van der Waals surface area (Å²) in [5.74, 6) is 0.649. The van der Waals surface area contributed by atoms with Crippen molar-refractivity contribution in [2.75, 3.05) is 17.4 Å². The summed E-state index contributed by atoms with van der Waals surface area (Å²) in [6.07, 6.45) is 4.05. The highest BCUT2D eigenvalue weighted by Crippen LogP contribution is 2.02. The minimum Gasteiger partial charge on any atom is -0.229 e. The van der Waals surface area contributed by atoms with Crippen molar-refractivity contribution in [2.24, 2.45) is 0 Å². The van der Waals surface area contributed by atoms with Gasteiger partial charge in [0.1, 0.15) is 0 Å². The molecule has 0 radical (unpaired) electrons. The molecule has 0 unspecified atom stereocenters. The van der Waals surface area contributed by atoms with Crippen LogP contribution < -0.4 is 0 Å². The Balaban J connectivity index is 3.48. The standard InChI is InChI=1S/C8H17ClO2S/c1-2-3-4-5-7-12(10,11)8-6-9/h2-8H2,1H3. The van der Waals surface area contributed by atoms with Gasteiger partial charge in [-0.25, -0.2) is 8.42 Å². The third kappa shape index (κ3) is 6.92. The molecular formula is C8H17ClO2S. The van der Waals surface area contributed by atoms with Gasteiger partial charge in [0.15, 0.2) is 9.84 Å². The van der Waals surface area contributed by atoms with Crippen molar-refractivity contribution in [2.45, 2.75) is 32.6 Å². The van der Waals surface area contributed by atoms with Crippen LogP contribution in [-0.2, 0) is 9.84 Å². The molecule has 0 spiro atoms. The lowest BCUT2D eigenvalue weighted by atomic mass is 10.2. The number of alkyl halides is 1. The highest BCUT2D eigenvalue weighted by atomic mass is 35.5. The molecule has 0 saturated carbocycles. The molecule has 0 aromatic rings. The van der Waals surface area contributed by atoms with Gasteiger partial charge in [0, 0.05) is 5.88 Å². The zero-order chi connectivity index (χ0) is 9.45. The minimum atomic E-state index is -2.84. The smallest absolute Gasteiger partial charge is 0.151 e. The Kier molecular flexibility index (Phi) is 6.86. The van der Waals surface area contributed by atoms with E-state index in [0.717, 1.165) is 25.7 Å². The number of halogens is 1. The summed E-state index contributed by atoms with van der Waals surface area (Å²) in [5.41, 5.74) is 0. The van der Waals surface area contributed by atoms with Crippen molar-refractivity contribution < 1.29 is 8.42 Å². The van der Waals surface area contributed by atoms with Gasteiger partial charge in [0.25, 0.3) is 0 Å². The van der Waals surface area contributed by atoms with Crippen LogP contribution in [0.2, 0.25) is 0 Å². The van der Waals surface area contributed by atoms with Gasteiger partial charge >= 0.3 is 0 Å². The van der Waals surface area contributed by atoms with Gasteiger partial charge in [-0.3, -0.25) is 0 Å². The topological polar surface area (TPSA) is 34.1 Å². The van der Waals surface area contributed by atoms with Crippen molar-refractivity contribution >= 4 is 21.4 Å². The number of sulfone groups is 1. The van der Waals surface area contributed by atoms with Crippen LogP contribution >= 0.6 is 11.6 Å². The monoisotopic (exact) mass is 212 g/mol. The highest BCUT2D eigenvalue weighted by Gasteiger charge is 2.08. The van der Waals surface area contributed by atoms with E-state index in [4.69, 9.17) is 11.6 Å². The molecule has 0 aliphatic rings. The lowest BCUT2D eigenvalue weighted by molar-refractivity contribution is 0.590. The van der Waals surface area contributed by atoms with E-state index in [1.54, 1.807) is 0 Å². The van der Waals surface area contributed by atoms with E-state index in [9.17, 15) is 8.42 Å². The predicted octanol–water partition coefficient (Wildman–Crippen LogP) is 2.22. The molecule has 0 fully saturated rings. The molecule has 0 rings (SSSR count). The summed E-state index contributed by atoms with van der Waals surface area (Å²) in [4.78, 5) is 0. The maximum Gasteiger partial charge on any atom is 0.151 e. The molecule has 0 aromatic carbocycles. The van der Waals surface area contributed by atoms with Crippen molar-refractivity contribution in [3.8, 4) is 0 Å². The van der Waals surface area contributed by atoms with Crippen LogP contribution in [0.1, 0.15) is 32.6 Å². The second kappa shape index (κ2) is 6.72. The lowest BCUT2D eigenvalue weighted by Gasteiger charge is -2.00. The normalized spacial score (nSPS) is 11.8. The van der Waals surface area contributed by atoms with E-state index in [1.165, 1.54) is 0 Å². The quantitative estimate of drug-likeness (QED) is 0.479. The maximum atomic E-state index is 11.1. The Morgan fingerprint density at radius 2 is 1.75 bits per heavy atom. The third-order valence-electron chi connectivity index (χ3n) is 1.70. The van der Waals surface area contributed by atoms with Gasteiger partial charge in [-0.1, -0.05) is 26.2 Å². The molecular weight excluding hydrogens is 196 g/mol. The van der Waals surface area contributed by atoms with Crippen LogP contribution in [0.5, 0.6) is 0 Å². The molecule has 0 bridgehead atoms. The summed E-state index contributed by atoms with van der Waals surface area (Å²) in [6, 6.07) is 0. The molecule has 0 heterocycles. The molecule has 0 aromatic heterocycles. The summed E-state index contributed by atoms with van der Waals surface area (Å²) in [7, 11) is -2.84. The number of unbranched alkanes of at least 4 members (excludes halogenated alkanes) is 3. The fraction of sp³-hybridized carbons (Fsp3) is 1.00. The molecule has 74 valence electrons. The van der Waals surface area contributed by atoms with Crippen LogP contribution in [0, 0.1) is 0 Å². The van der Waals surface area contributed by atoms with Gasteiger partial charge in [-0.05, 0) is 6.42 Å². The number of rotatable bonds is 7. The second-order valence-corrected chi connectivity index (χ2v) is 5.58. The second-order valence-electron chi connectivity index (χ2n) is 2.90. The molecule has 0 saturated heterocycles. The van der Waals surface area contributed by atoms with Gasteiger partial charge in [-0.15, -0.1) is 11.6 Å². The van der Waals surface area contributed by atoms with E-state index in [1.807, 2.05) is 0 Å². The molecule has 2 nitrogen and oxygen atoms in total. The van der Waals surface area contributed by atoms with Crippen LogP contribution in [0.4, 0.5) is 0 Å². The highest BCUT2D eigenvalue weighted by molar-refractivity contribution is 7.91. The van der Waals surface area contributed by atoms with E-state index >= 15 is 0 Å². The van der Waals surface area contributed by atoms with Gasteiger partial charge in [0.05, 0.1) is 11.5 Å². The average molecular weight is 213 g/mol. The van der Waals surface area contributed by atoms with Crippen LogP contribution in [0.3, 0.4) is 0 Å². The van der Waals surface area contributed by atoms with Crippen LogP contribution in [0.15, 0.2) is 0 Å². The Morgan fingerprint density at radius 3 is 2.25 bits per heavy atom. The minimum absolute atomic E-state index is 0.126. The molecule has 0 N–H and O–H groups in total. The Bertz CT molecular complexity index is 187. The van der Waals surface area contributed by atoms with Crippen molar-refractivity contribution in [3.63, 3.8) is 0 Å². The van der Waals surface area contributed by atoms with Gasteiger partial charge in [0.2, 0.25) is 0 Å². The third-order valence-corrected chi connectivity index (χ3v) is 3.85. The molecule has 0 aliphatic heterocycles. The summed E-state index contributed by atoms with van der Waals surface area (Å²) in [5, 5.41) is 0. The fourth-order valence-electron chi connectivity index (χ4n) is 0.968. The SMILES string of the molecule is CCCCCCS(=O)(=O)CCCl. The molecule has 12 heavy (non-hydrogen) atoms. The maximum absolute atomic E-state index is 11.1. The predicted molar refractivity (Wildman–Crippen MR) is 53.5 cm³/mol. The summed E-state index contributed by atoms with van der Waals surface area (Å²) >= 11 is 5.35. The first-order valence-corrected chi connectivity index (χ1v) is 6.74. The Hall–Kier alpha value is 0.240. The van der Waals surface area contributed by atoms with Crippen molar-refractivity contribution in [1.82, 2.24) is 0 Å². The van der Waals surface area contributed by atoms with E-state index in [2.05, 4.69) is 6.92 Å².